The first kappa shape index (κ1) is 110. The van der Waals surface area contributed by atoms with Crippen LogP contribution in [0.4, 0.5) is 0 Å². The van der Waals surface area contributed by atoms with Gasteiger partial charge >= 0.3 is 39.5 Å². The Morgan fingerprint density at radius 1 is 0.214 bits per heavy atom. The lowest BCUT2D eigenvalue weighted by atomic mass is 10.0. The van der Waals surface area contributed by atoms with Crippen molar-refractivity contribution in [3.05, 3.63) is 0 Å². The maximum atomic E-state index is 13.2. The number of unbranched alkanes of at least 4 members (excludes halogenated alkanes) is 68. The molecule has 0 bridgehead atoms. The van der Waals surface area contributed by atoms with Gasteiger partial charge in [0.1, 0.15) is 19.3 Å². The largest absolute Gasteiger partial charge is 0.472 e. The van der Waals surface area contributed by atoms with Gasteiger partial charge < -0.3 is 33.8 Å². The number of ether oxygens (including phenoxy) is 4. The topological polar surface area (TPSA) is 237 Å². The summed E-state index contributed by atoms with van der Waals surface area (Å²) in [5, 5.41) is 10.7. The molecule has 0 aromatic carbocycles. The van der Waals surface area contributed by atoms with E-state index >= 15 is 0 Å². The van der Waals surface area contributed by atoms with E-state index in [0.717, 1.165) is 89.9 Å². The smallest absolute Gasteiger partial charge is 0.462 e. The molecule has 0 rings (SSSR count). The van der Waals surface area contributed by atoms with Gasteiger partial charge in [0.05, 0.1) is 26.4 Å². The van der Waals surface area contributed by atoms with Crippen molar-refractivity contribution in [3.63, 3.8) is 0 Å². The summed E-state index contributed by atoms with van der Waals surface area (Å²) >= 11 is 0. The summed E-state index contributed by atoms with van der Waals surface area (Å²) < 4.78 is 69.2. The van der Waals surface area contributed by atoms with Gasteiger partial charge in [-0.1, -0.05) is 464 Å². The highest BCUT2D eigenvalue weighted by Crippen LogP contribution is 2.45. The Bertz CT molecular complexity index is 2100. The van der Waals surface area contributed by atoms with Crippen molar-refractivity contribution in [1.82, 2.24) is 0 Å². The Balaban J connectivity index is 5.24. The van der Waals surface area contributed by atoms with Crippen LogP contribution in [0.3, 0.4) is 0 Å². The van der Waals surface area contributed by atoms with Gasteiger partial charge in [-0.15, -0.1) is 0 Å². The molecule has 0 aliphatic heterocycles. The number of aliphatic hydroxyl groups is 1. The van der Waals surface area contributed by atoms with Crippen molar-refractivity contribution in [2.75, 3.05) is 39.6 Å². The molecule has 0 fully saturated rings. The van der Waals surface area contributed by atoms with E-state index in [1.165, 1.54) is 347 Å². The molecule has 0 spiro atoms. The summed E-state index contributed by atoms with van der Waals surface area (Å²) in [6.07, 6.45) is 84.8. The predicted molar refractivity (Wildman–Crippen MR) is 465 cm³/mol. The number of carbonyl (C=O) groups is 4. The second kappa shape index (κ2) is 86.9. The van der Waals surface area contributed by atoms with Crippen molar-refractivity contribution in [2.45, 2.75) is 534 Å². The molecule has 5 atom stereocenters. The van der Waals surface area contributed by atoms with Gasteiger partial charge in [-0.05, 0) is 25.7 Å². The zero-order valence-electron chi connectivity index (χ0n) is 73.7. The van der Waals surface area contributed by atoms with Crippen molar-refractivity contribution in [3.8, 4) is 0 Å². The van der Waals surface area contributed by atoms with E-state index in [4.69, 9.17) is 37.0 Å². The van der Waals surface area contributed by atoms with Crippen molar-refractivity contribution >= 4 is 39.5 Å². The van der Waals surface area contributed by atoms with Crippen LogP contribution in [0.1, 0.15) is 516 Å². The maximum Gasteiger partial charge on any atom is 0.472 e. The van der Waals surface area contributed by atoms with Crippen LogP contribution in [0.15, 0.2) is 0 Å². The Labute approximate surface area is 689 Å². The first-order chi connectivity index (χ1) is 54.7. The summed E-state index contributed by atoms with van der Waals surface area (Å²) in [5.74, 6) is -2.09. The molecule has 0 saturated carbocycles. The van der Waals surface area contributed by atoms with Crippen molar-refractivity contribution < 1.29 is 80.2 Å². The van der Waals surface area contributed by atoms with Crippen LogP contribution in [0.25, 0.3) is 0 Å². The molecule has 0 heterocycles. The second-order valence-corrected chi connectivity index (χ2v) is 36.3. The number of hydrogen-bond donors (Lipinski definition) is 3. The average Bonchev–Trinajstić information content (AvgIpc) is 0.900. The molecule has 19 heteroatoms. The SMILES string of the molecule is CCCCCCCCCCCCCCCCCCCCCCC(=O)OC[C@H](COP(=O)(O)OC[C@@H](O)COP(=O)(O)OC[C@@H](COC(=O)CCCCCCCCCCCCCC)OC(=O)CCCCCCCCCCCCCCCCCCCCCC)OC(=O)CCCCCCCCCCCCCCCCCCCCCC. The predicted octanol–water partition coefficient (Wildman–Crippen LogP) is 29.3. The van der Waals surface area contributed by atoms with E-state index in [2.05, 4.69) is 27.7 Å². The van der Waals surface area contributed by atoms with Gasteiger partial charge in [-0.3, -0.25) is 37.3 Å². The molecular formula is C93H182O17P2. The fourth-order valence-electron chi connectivity index (χ4n) is 14.8. The second-order valence-electron chi connectivity index (χ2n) is 33.4. The number of hydrogen-bond acceptors (Lipinski definition) is 15. The van der Waals surface area contributed by atoms with Crippen LogP contribution in [0, 0.1) is 0 Å². The Kier molecular flexibility index (Phi) is 85.4. The highest BCUT2D eigenvalue weighted by atomic mass is 31.2. The van der Waals surface area contributed by atoms with E-state index in [1.807, 2.05) is 0 Å². The molecule has 0 aromatic heterocycles. The number of phosphoric ester groups is 2. The third kappa shape index (κ3) is 85.9. The highest BCUT2D eigenvalue weighted by Gasteiger charge is 2.31. The number of aliphatic hydroxyl groups excluding tert-OH is 1. The van der Waals surface area contributed by atoms with E-state index in [0.29, 0.717) is 25.7 Å². The average molecular weight is 1630 g/mol. The van der Waals surface area contributed by atoms with Crippen LogP contribution in [0.5, 0.6) is 0 Å². The van der Waals surface area contributed by atoms with Gasteiger partial charge in [0, 0.05) is 25.7 Å². The first-order valence-corrected chi connectivity index (χ1v) is 51.3. The monoisotopic (exact) mass is 1630 g/mol. The number of carbonyl (C=O) groups excluding carboxylic acids is 4. The molecular weight excluding hydrogens is 1450 g/mol. The fraction of sp³-hybridized carbons (Fsp3) is 0.957. The minimum absolute atomic E-state index is 0.110. The lowest BCUT2D eigenvalue weighted by Gasteiger charge is -2.21. The Morgan fingerprint density at radius 3 is 0.527 bits per heavy atom. The van der Waals surface area contributed by atoms with Gasteiger partial charge in [0.25, 0.3) is 0 Å². The van der Waals surface area contributed by atoms with Gasteiger partial charge in [-0.25, -0.2) is 9.13 Å². The molecule has 0 saturated heterocycles. The molecule has 0 radical (unpaired) electrons. The van der Waals surface area contributed by atoms with Crippen LogP contribution in [-0.4, -0.2) is 96.7 Å². The van der Waals surface area contributed by atoms with Crippen LogP contribution in [-0.2, 0) is 65.4 Å². The summed E-state index contributed by atoms with van der Waals surface area (Å²) in [6.45, 7) is 5.10. The van der Waals surface area contributed by atoms with E-state index < -0.39 is 97.5 Å². The Morgan fingerprint density at radius 2 is 0.357 bits per heavy atom. The third-order valence-electron chi connectivity index (χ3n) is 22.1. The quantitative estimate of drug-likeness (QED) is 0.0222. The van der Waals surface area contributed by atoms with Crippen LogP contribution < -0.4 is 0 Å². The molecule has 0 aromatic rings. The van der Waals surface area contributed by atoms with Crippen LogP contribution in [0.2, 0.25) is 0 Å². The lowest BCUT2D eigenvalue weighted by molar-refractivity contribution is -0.161. The molecule has 3 N–H and O–H groups in total. The van der Waals surface area contributed by atoms with Gasteiger partial charge in [0.2, 0.25) is 0 Å². The zero-order valence-corrected chi connectivity index (χ0v) is 75.5. The molecule has 17 nitrogen and oxygen atoms in total. The number of rotatable bonds is 94. The fourth-order valence-corrected chi connectivity index (χ4v) is 16.3. The normalized spacial score (nSPS) is 13.6. The summed E-state index contributed by atoms with van der Waals surface area (Å²) in [6, 6.07) is 0. The maximum absolute atomic E-state index is 13.2. The summed E-state index contributed by atoms with van der Waals surface area (Å²) in [7, 11) is -9.94. The minimum atomic E-state index is -4.97. The molecule has 2 unspecified atom stereocenters. The summed E-state index contributed by atoms with van der Waals surface area (Å²) in [5.41, 5.74) is 0. The van der Waals surface area contributed by atoms with Gasteiger partial charge in [-0.2, -0.15) is 0 Å². The van der Waals surface area contributed by atoms with Crippen LogP contribution >= 0.6 is 15.6 Å². The summed E-state index contributed by atoms with van der Waals surface area (Å²) in [4.78, 5) is 73.5. The third-order valence-corrected chi connectivity index (χ3v) is 24.0. The molecule has 0 amide bonds. The molecule has 666 valence electrons. The molecule has 0 aliphatic carbocycles. The standard InChI is InChI=1S/C93H182O17P2/c1-5-9-13-17-21-25-29-33-36-39-42-45-48-51-54-58-62-66-70-74-78-91(96)104-84-89(110-93(98)80-76-72-68-64-60-56-53-50-47-44-41-38-35-31-27-23-19-15-11-7-3)86-108-112(101,102)106-82-87(94)81-105-111(99,100)107-85-88(83-103-90(95)77-73-69-65-61-57-32-28-24-20-16-12-8-4)109-92(97)79-75-71-67-63-59-55-52-49-46-43-40-37-34-30-26-22-18-14-10-6-2/h87-89,94H,5-86H2,1-4H3,(H,99,100)(H,101,102)/t87-,88+,89+/m0/s1. The molecule has 0 aliphatic rings. The lowest BCUT2D eigenvalue weighted by Crippen LogP contribution is -2.30. The van der Waals surface area contributed by atoms with E-state index in [1.54, 1.807) is 0 Å². The van der Waals surface area contributed by atoms with Crippen molar-refractivity contribution in [2.24, 2.45) is 0 Å². The first-order valence-electron chi connectivity index (χ1n) is 48.3. The highest BCUT2D eigenvalue weighted by molar-refractivity contribution is 7.47. The minimum Gasteiger partial charge on any atom is -0.462 e. The van der Waals surface area contributed by atoms with E-state index in [-0.39, 0.29) is 25.7 Å². The molecule has 112 heavy (non-hydrogen) atoms. The Hall–Kier alpha value is -1.94. The van der Waals surface area contributed by atoms with Gasteiger partial charge in [0.15, 0.2) is 12.2 Å². The number of esters is 4. The zero-order chi connectivity index (χ0) is 81.7. The number of phosphoric acid groups is 2. The van der Waals surface area contributed by atoms with E-state index in [9.17, 15) is 43.2 Å². The van der Waals surface area contributed by atoms with Crippen molar-refractivity contribution in [1.29, 1.82) is 0 Å².